The van der Waals surface area contributed by atoms with E-state index >= 15 is 0 Å². The zero-order valence-corrected chi connectivity index (χ0v) is 15.5. The van der Waals surface area contributed by atoms with Crippen molar-refractivity contribution in [3.8, 4) is 0 Å². The second-order valence-corrected chi connectivity index (χ2v) is 6.83. The molecule has 146 valence electrons. The van der Waals surface area contributed by atoms with Crippen molar-refractivity contribution in [2.24, 2.45) is 5.92 Å². The number of hydrogen-bond acceptors (Lipinski definition) is 5. The molecular weight excluding hydrogens is 360 g/mol. The first-order valence-corrected chi connectivity index (χ1v) is 9.04. The van der Waals surface area contributed by atoms with Gasteiger partial charge in [0.2, 0.25) is 0 Å². The standard InChI is InChI=1S/C21H22N2O5/c1-15(7-5-6-12-24)21(26)18-13-17(23(27)28)10-11-19(18)22(20(21)25)14-16-8-3-2-4-9-16/h2-5,7-11,13,15,24,26H,6,12,14H2,1H3/b7-5+/t15-,21+/m0/s1. The molecule has 0 fully saturated rings. The average molecular weight is 382 g/mol. The molecule has 2 aromatic rings. The van der Waals surface area contributed by atoms with Gasteiger partial charge in [0.15, 0.2) is 5.60 Å². The van der Waals surface area contributed by atoms with Crippen LogP contribution < -0.4 is 4.90 Å². The van der Waals surface area contributed by atoms with Gasteiger partial charge in [-0.05, 0) is 18.1 Å². The van der Waals surface area contributed by atoms with Crippen LogP contribution in [-0.2, 0) is 16.9 Å². The van der Waals surface area contributed by atoms with E-state index in [1.807, 2.05) is 30.3 Å². The maximum absolute atomic E-state index is 13.3. The molecule has 1 heterocycles. The number of carbonyl (C=O) groups excluding carboxylic acids is 1. The van der Waals surface area contributed by atoms with E-state index in [9.17, 15) is 20.0 Å². The summed E-state index contributed by atoms with van der Waals surface area (Å²) in [5, 5.41) is 31.6. The summed E-state index contributed by atoms with van der Waals surface area (Å²) >= 11 is 0. The summed E-state index contributed by atoms with van der Waals surface area (Å²) in [5.74, 6) is -1.15. The summed E-state index contributed by atoms with van der Waals surface area (Å²) in [4.78, 5) is 25.4. The van der Waals surface area contributed by atoms with Crippen LogP contribution in [0.25, 0.3) is 0 Å². The summed E-state index contributed by atoms with van der Waals surface area (Å²) in [5.41, 5.74) is -0.527. The van der Waals surface area contributed by atoms with Crippen molar-refractivity contribution in [3.05, 3.63) is 81.9 Å². The van der Waals surface area contributed by atoms with Crippen molar-refractivity contribution < 1.29 is 19.9 Å². The number of aliphatic hydroxyl groups is 2. The van der Waals surface area contributed by atoms with Crippen LogP contribution in [0, 0.1) is 16.0 Å². The van der Waals surface area contributed by atoms with E-state index in [-0.39, 0.29) is 24.4 Å². The molecule has 0 saturated carbocycles. The Hall–Kier alpha value is -3.03. The maximum atomic E-state index is 13.3. The minimum absolute atomic E-state index is 0.0439. The van der Waals surface area contributed by atoms with Gasteiger partial charge in [-0.2, -0.15) is 0 Å². The van der Waals surface area contributed by atoms with Crippen LogP contribution in [0.2, 0.25) is 0 Å². The van der Waals surface area contributed by atoms with Gasteiger partial charge in [0, 0.05) is 30.2 Å². The monoisotopic (exact) mass is 382 g/mol. The van der Waals surface area contributed by atoms with Crippen LogP contribution in [0.4, 0.5) is 11.4 Å². The SMILES string of the molecule is C[C@@H](/C=C/CCO)[C@]1(O)C(=O)N(Cc2ccccc2)c2ccc([N+](=O)[O-])cc21. The van der Waals surface area contributed by atoms with Crippen LogP contribution in [-0.4, -0.2) is 27.7 Å². The number of fused-ring (bicyclic) bond motifs is 1. The van der Waals surface area contributed by atoms with Crippen LogP contribution >= 0.6 is 0 Å². The molecule has 0 aliphatic carbocycles. The smallest absolute Gasteiger partial charge is 0.269 e. The Kier molecular flexibility index (Phi) is 5.58. The largest absolute Gasteiger partial charge is 0.396 e. The molecule has 1 amide bonds. The zero-order valence-electron chi connectivity index (χ0n) is 15.5. The molecule has 0 spiro atoms. The van der Waals surface area contributed by atoms with Crippen molar-refractivity contribution in [2.45, 2.75) is 25.5 Å². The highest BCUT2D eigenvalue weighted by Gasteiger charge is 2.53. The summed E-state index contributed by atoms with van der Waals surface area (Å²) in [7, 11) is 0. The van der Waals surface area contributed by atoms with Gasteiger partial charge >= 0.3 is 0 Å². The van der Waals surface area contributed by atoms with Crippen LogP contribution in [0.15, 0.2) is 60.7 Å². The fourth-order valence-corrected chi connectivity index (χ4v) is 3.49. The van der Waals surface area contributed by atoms with Crippen LogP contribution in [0.1, 0.15) is 24.5 Å². The Bertz CT molecular complexity index is 912. The molecule has 2 atom stereocenters. The van der Waals surface area contributed by atoms with Crippen molar-refractivity contribution in [3.63, 3.8) is 0 Å². The second kappa shape index (κ2) is 7.92. The van der Waals surface area contributed by atoms with E-state index in [0.717, 1.165) is 5.56 Å². The molecule has 0 aromatic heterocycles. The van der Waals surface area contributed by atoms with Gasteiger partial charge in [-0.15, -0.1) is 0 Å². The Labute approximate surface area is 162 Å². The molecule has 7 nitrogen and oxygen atoms in total. The highest BCUT2D eigenvalue weighted by molar-refractivity contribution is 6.07. The van der Waals surface area contributed by atoms with Crippen molar-refractivity contribution in [2.75, 3.05) is 11.5 Å². The van der Waals surface area contributed by atoms with E-state index in [4.69, 9.17) is 5.11 Å². The second-order valence-electron chi connectivity index (χ2n) is 6.83. The van der Waals surface area contributed by atoms with Crippen molar-refractivity contribution in [1.82, 2.24) is 0 Å². The summed E-state index contributed by atoms with van der Waals surface area (Å²) in [6.07, 6.45) is 3.74. The van der Waals surface area contributed by atoms with E-state index in [0.29, 0.717) is 12.1 Å². The van der Waals surface area contributed by atoms with Gasteiger partial charge in [-0.25, -0.2) is 0 Å². The maximum Gasteiger partial charge on any atom is 0.269 e. The molecule has 0 unspecified atom stereocenters. The summed E-state index contributed by atoms with van der Waals surface area (Å²) < 4.78 is 0. The first-order valence-electron chi connectivity index (χ1n) is 9.04. The molecule has 2 N–H and O–H groups in total. The first-order chi connectivity index (χ1) is 13.4. The molecule has 7 heteroatoms. The predicted molar refractivity (Wildman–Crippen MR) is 105 cm³/mol. The number of carbonyl (C=O) groups is 1. The number of rotatable bonds is 7. The van der Waals surface area contributed by atoms with Gasteiger partial charge in [0.1, 0.15) is 0 Å². The lowest BCUT2D eigenvalue weighted by Gasteiger charge is -2.27. The van der Waals surface area contributed by atoms with Crippen LogP contribution in [0.5, 0.6) is 0 Å². The van der Waals surface area contributed by atoms with Gasteiger partial charge in [0.05, 0.1) is 17.2 Å². The minimum atomic E-state index is -1.91. The molecule has 1 aliphatic heterocycles. The number of amides is 1. The van der Waals surface area contributed by atoms with Gasteiger partial charge < -0.3 is 15.1 Å². The van der Waals surface area contributed by atoms with E-state index < -0.39 is 22.3 Å². The minimum Gasteiger partial charge on any atom is -0.396 e. The highest BCUT2D eigenvalue weighted by atomic mass is 16.6. The fraction of sp³-hybridized carbons (Fsp3) is 0.286. The highest BCUT2D eigenvalue weighted by Crippen LogP contribution is 2.47. The quantitative estimate of drug-likeness (QED) is 0.435. The number of benzene rings is 2. The number of nitrogens with zero attached hydrogens (tertiary/aromatic N) is 2. The molecule has 0 radical (unpaired) electrons. The number of anilines is 1. The number of nitro benzene ring substituents is 1. The first kappa shape index (κ1) is 19.7. The third kappa shape index (κ3) is 3.42. The lowest BCUT2D eigenvalue weighted by atomic mass is 9.82. The molecule has 1 aliphatic rings. The molecular formula is C21H22N2O5. The summed E-state index contributed by atoms with van der Waals surface area (Å²) in [6, 6.07) is 13.5. The van der Waals surface area contributed by atoms with E-state index in [1.165, 1.54) is 23.1 Å². The Balaban J connectivity index is 2.07. The zero-order chi connectivity index (χ0) is 20.3. The molecule has 0 saturated heterocycles. The number of non-ortho nitro benzene ring substituents is 1. The molecule has 0 bridgehead atoms. The Morgan fingerprint density at radius 2 is 1.96 bits per heavy atom. The normalized spacial score (nSPS) is 19.8. The van der Waals surface area contributed by atoms with E-state index in [2.05, 4.69) is 0 Å². The Morgan fingerprint density at radius 3 is 2.61 bits per heavy atom. The molecule has 3 rings (SSSR count). The van der Waals surface area contributed by atoms with Gasteiger partial charge in [0.25, 0.3) is 11.6 Å². The summed E-state index contributed by atoms with van der Waals surface area (Å²) in [6.45, 7) is 1.89. The third-order valence-corrected chi connectivity index (χ3v) is 5.03. The van der Waals surface area contributed by atoms with Crippen molar-refractivity contribution >= 4 is 17.3 Å². The predicted octanol–water partition coefficient (Wildman–Crippen LogP) is 2.90. The number of aliphatic hydroxyl groups excluding tert-OH is 1. The van der Waals surface area contributed by atoms with Crippen LogP contribution in [0.3, 0.4) is 0 Å². The number of nitro groups is 1. The molecule has 2 aromatic carbocycles. The lowest BCUT2D eigenvalue weighted by Crippen LogP contribution is -2.44. The topological polar surface area (TPSA) is 104 Å². The lowest BCUT2D eigenvalue weighted by molar-refractivity contribution is -0.385. The van der Waals surface area contributed by atoms with Gasteiger partial charge in [-0.3, -0.25) is 14.9 Å². The third-order valence-electron chi connectivity index (χ3n) is 5.03. The van der Waals surface area contributed by atoms with E-state index in [1.54, 1.807) is 19.1 Å². The average Bonchev–Trinajstić information content (AvgIpc) is 2.91. The van der Waals surface area contributed by atoms with Gasteiger partial charge in [-0.1, -0.05) is 49.4 Å². The van der Waals surface area contributed by atoms with Crippen molar-refractivity contribution in [1.29, 1.82) is 0 Å². The Morgan fingerprint density at radius 1 is 1.25 bits per heavy atom. The molecule has 28 heavy (non-hydrogen) atoms. The fourth-order valence-electron chi connectivity index (χ4n) is 3.49. The number of hydrogen-bond donors (Lipinski definition) is 2.